The third kappa shape index (κ3) is 6.00. The first kappa shape index (κ1) is 27.3. The van der Waals surface area contributed by atoms with Crippen molar-refractivity contribution < 1.29 is 22.7 Å². The zero-order valence-corrected chi connectivity index (χ0v) is 21.6. The lowest BCUT2D eigenvalue weighted by atomic mass is 9.92. The van der Waals surface area contributed by atoms with E-state index in [-0.39, 0.29) is 25.6 Å². The van der Waals surface area contributed by atoms with E-state index in [0.29, 0.717) is 43.0 Å². The van der Waals surface area contributed by atoms with Gasteiger partial charge in [0.15, 0.2) is 0 Å². The fourth-order valence-electron chi connectivity index (χ4n) is 5.38. The molecular weight excluding hydrogens is 512 g/mol. The van der Waals surface area contributed by atoms with Gasteiger partial charge in [0, 0.05) is 50.9 Å². The Morgan fingerprint density at radius 2 is 1.85 bits per heavy atom. The number of hydrogen-bond acceptors (Lipinski definition) is 7. The number of rotatable bonds is 7. The molecule has 4 heterocycles. The maximum atomic E-state index is 15.1. The van der Waals surface area contributed by atoms with Gasteiger partial charge < -0.3 is 21.1 Å². The molecule has 2 saturated heterocycles. The van der Waals surface area contributed by atoms with E-state index in [9.17, 15) is 13.9 Å². The minimum Gasteiger partial charge on any atom is -0.391 e. The monoisotopic (exact) mass is 544 g/mol. The van der Waals surface area contributed by atoms with Gasteiger partial charge >= 0.3 is 0 Å². The predicted molar refractivity (Wildman–Crippen MR) is 141 cm³/mol. The van der Waals surface area contributed by atoms with Crippen molar-refractivity contribution in [2.75, 3.05) is 36.4 Å². The number of nitrogens with one attached hydrogen (secondary N) is 1. The summed E-state index contributed by atoms with van der Waals surface area (Å²) in [5, 5.41) is 13.4. The van der Waals surface area contributed by atoms with Crippen LogP contribution in [0, 0.1) is 23.4 Å². The summed E-state index contributed by atoms with van der Waals surface area (Å²) in [6.45, 7) is 4.09. The third-order valence-corrected chi connectivity index (χ3v) is 7.42. The molecule has 2 fully saturated rings. The molecule has 4 N–H and O–H groups in total. The number of aliphatic hydroxyl groups is 1. The number of halogens is 4. The standard InChI is InChI=1S/C28H32F4N6O/c1-16-12-38(15-23(33)28(16)39)25-4-6-34-11-24(25)35-10-19-2-3-20(30)27(36-19)26-21(31)8-17(9-22(26)32)13-37-7-5-18(29)14-37/h2-4,6,8-9,11,16,18,23,28,35,39H,5,7,10,12-15,33H2,1H3/t16-,18?,23+,28+/m0/s1. The second-order valence-corrected chi connectivity index (χ2v) is 10.5. The normalized spacial score (nSPS) is 23.8. The van der Waals surface area contributed by atoms with Crippen LogP contribution in [0.2, 0.25) is 0 Å². The van der Waals surface area contributed by atoms with Crippen molar-refractivity contribution in [3.63, 3.8) is 0 Å². The van der Waals surface area contributed by atoms with Gasteiger partial charge in [-0.3, -0.25) is 9.88 Å². The summed E-state index contributed by atoms with van der Waals surface area (Å²) in [6, 6.07) is 6.32. The highest BCUT2D eigenvalue weighted by molar-refractivity contribution is 5.69. The number of alkyl halides is 1. The molecule has 0 amide bonds. The van der Waals surface area contributed by atoms with Gasteiger partial charge in [0.05, 0.1) is 41.5 Å². The molecule has 208 valence electrons. The molecule has 2 aliphatic heterocycles. The zero-order valence-electron chi connectivity index (χ0n) is 21.6. The fourth-order valence-corrected chi connectivity index (χ4v) is 5.38. The summed E-state index contributed by atoms with van der Waals surface area (Å²) >= 11 is 0. The first-order valence-corrected chi connectivity index (χ1v) is 13.1. The molecule has 2 aliphatic rings. The van der Waals surface area contributed by atoms with Crippen LogP contribution in [0.15, 0.2) is 42.7 Å². The Morgan fingerprint density at radius 3 is 2.54 bits per heavy atom. The summed E-state index contributed by atoms with van der Waals surface area (Å²) in [5.41, 5.74) is 7.41. The number of aromatic nitrogens is 2. The highest BCUT2D eigenvalue weighted by Gasteiger charge is 2.32. The maximum absolute atomic E-state index is 15.1. The minimum atomic E-state index is -0.940. The lowest BCUT2D eigenvalue weighted by Gasteiger charge is -2.40. The smallest absolute Gasteiger partial charge is 0.149 e. The van der Waals surface area contributed by atoms with Crippen molar-refractivity contribution in [3.05, 3.63) is 71.4 Å². The third-order valence-electron chi connectivity index (χ3n) is 7.42. The van der Waals surface area contributed by atoms with E-state index in [1.54, 1.807) is 17.3 Å². The number of hydrogen-bond donors (Lipinski definition) is 3. The Morgan fingerprint density at radius 1 is 1.08 bits per heavy atom. The van der Waals surface area contributed by atoms with E-state index >= 15 is 8.78 Å². The van der Waals surface area contributed by atoms with Crippen molar-refractivity contribution in [2.24, 2.45) is 11.7 Å². The molecule has 3 aromatic rings. The Labute approximate surface area is 224 Å². The minimum absolute atomic E-state index is 0.0248. The molecule has 0 aliphatic carbocycles. The van der Waals surface area contributed by atoms with E-state index in [4.69, 9.17) is 5.73 Å². The molecule has 1 aromatic carbocycles. The number of benzene rings is 1. The Balaban J connectivity index is 1.34. The lowest BCUT2D eigenvalue weighted by Crippen LogP contribution is -2.55. The average molecular weight is 545 g/mol. The molecule has 1 unspecified atom stereocenters. The average Bonchev–Trinajstić information content (AvgIpc) is 3.31. The van der Waals surface area contributed by atoms with Crippen molar-refractivity contribution in [1.82, 2.24) is 14.9 Å². The van der Waals surface area contributed by atoms with E-state index in [0.717, 1.165) is 23.9 Å². The van der Waals surface area contributed by atoms with Gasteiger partial charge in [-0.1, -0.05) is 6.92 Å². The number of aliphatic hydroxyl groups excluding tert-OH is 1. The van der Waals surface area contributed by atoms with E-state index in [1.165, 1.54) is 6.07 Å². The molecule has 2 aromatic heterocycles. The van der Waals surface area contributed by atoms with Gasteiger partial charge in [-0.05, 0) is 42.3 Å². The van der Waals surface area contributed by atoms with Crippen molar-refractivity contribution in [1.29, 1.82) is 0 Å². The number of nitrogens with zero attached hydrogens (tertiary/aromatic N) is 4. The summed E-state index contributed by atoms with van der Waals surface area (Å²) in [6.07, 6.45) is 2.17. The van der Waals surface area contributed by atoms with Crippen LogP contribution < -0.4 is 16.0 Å². The molecular formula is C28H32F4N6O. The van der Waals surface area contributed by atoms with Gasteiger partial charge in [-0.2, -0.15) is 0 Å². The summed E-state index contributed by atoms with van der Waals surface area (Å²) in [7, 11) is 0. The molecule has 39 heavy (non-hydrogen) atoms. The molecule has 0 spiro atoms. The SMILES string of the molecule is C[C@H]1CN(c2ccncc2NCc2ccc(F)c(-c3c(F)cc(CN4CCC(F)C4)cc3F)n2)C[C@@H](N)[C@@H]1O. The van der Waals surface area contributed by atoms with Gasteiger partial charge in [-0.25, -0.2) is 22.5 Å². The zero-order chi connectivity index (χ0) is 27.7. The maximum Gasteiger partial charge on any atom is 0.149 e. The van der Waals surface area contributed by atoms with Crippen molar-refractivity contribution >= 4 is 11.4 Å². The van der Waals surface area contributed by atoms with Crippen molar-refractivity contribution in [2.45, 2.75) is 44.8 Å². The van der Waals surface area contributed by atoms with Gasteiger partial charge in [0.1, 0.15) is 29.3 Å². The van der Waals surface area contributed by atoms with Crippen LogP contribution in [0.5, 0.6) is 0 Å². The second kappa shape index (κ2) is 11.4. The van der Waals surface area contributed by atoms with Crippen LogP contribution in [-0.4, -0.2) is 64.5 Å². The van der Waals surface area contributed by atoms with Crippen LogP contribution in [0.4, 0.5) is 28.9 Å². The van der Waals surface area contributed by atoms with Gasteiger partial charge in [0.2, 0.25) is 0 Å². The quantitative estimate of drug-likeness (QED) is 0.389. The van der Waals surface area contributed by atoms with Gasteiger partial charge in [-0.15, -0.1) is 0 Å². The Bertz CT molecular complexity index is 1290. The van der Waals surface area contributed by atoms with Crippen LogP contribution in [0.1, 0.15) is 24.6 Å². The highest BCUT2D eigenvalue weighted by Crippen LogP contribution is 2.31. The highest BCUT2D eigenvalue weighted by atomic mass is 19.1. The summed E-state index contributed by atoms with van der Waals surface area (Å²) < 4.78 is 58.3. The number of likely N-dealkylation sites (tertiary alicyclic amines) is 1. The summed E-state index contributed by atoms with van der Waals surface area (Å²) in [5.74, 6) is -2.72. The van der Waals surface area contributed by atoms with Crippen LogP contribution in [0.25, 0.3) is 11.3 Å². The lowest BCUT2D eigenvalue weighted by molar-refractivity contribution is 0.0785. The Kier molecular flexibility index (Phi) is 8.01. The number of pyridine rings is 2. The van der Waals surface area contributed by atoms with Crippen LogP contribution in [0.3, 0.4) is 0 Å². The largest absolute Gasteiger partial charge is 0.391 e. The van der Waals surface area contributed by atoms with E-state index in [2.05, 4.69) is 20.2 Å². The first-order chi connectivity index (χ1) is 18.7. The fraction of sp³-hybridized carbons (Fsp3) is 0.429. The molecule has 0 radical (unpaired) electrons. The number of piperidine rings is 1. The Hall–Kier alpha value is -3.28. The molecule has 4 atom stereocenters. The molecule has 5 rings (SSSR count). The predicted octanol–water partition coefficient (Wildman–Crippen LogP) is 3.86. The summed E-state index contributed by atoms with van der Waals surface area (Å²) in [4.78, 5) is 12.3. The van der Waals surface area contributed by atoms with Crippen LogP contribution in [-0.2, 0) is 13.1 Å². The molecule has 7 nitrogen and oxygen atoms in total. The molecule has 0 saturated carbocycles. The van der Waals surface area contributed by atoms with Gasteiger partial charge in [0.25, 0.3) is 0 Å². The second-order valence-electron chi connectivity index (χ2n) is 10.5. The number of nitrogens with two attached hydrogens (primary N) is 1. The topological polar surface area (TPSA) is 90.5 Å². The van der Waals surface area contributed by atoms with E-state index < -0.39 is 47.0 Å². The molecule has 11 heteroatoms. The van der Waals surface area contributed by atoms with E-state index in [1.807, 2.05) is 13.0 Å². The number of anilines is 2. The van der Waals surface area contributed by atoms with Crippen LogP contribution >= 0.6 is 0 Å². The first-order valence-electron chi connectivity index (χ1n) is 13.1. The van der Waals surface area contributed by atoms with Crippen molar-refractivity contribution in [3.8, 4) is 11.3 Å². The molecule has 0 bridgehead atoms.